The Bertz CT molecular complexity index is 857. The van der Waals surface area contributed by atoms with Gasteiger partial charge in [0.15, 0.2) is 5.75 Å². The van der Waals surface area contributed by atoms with Gasteiger partial charge in [-0.2, -0.15) is 0 Å². The van der Waals surface area contributed by atoms with Crippen LogP contribution in [-0.2, 0) is 0 Å². The van der Waals surface area contributed by atoms with E-state index in [9.17, 15) is 9.90 Å². The number of unbranched alkanes of at least 4 members (excludes halogenated alkanes) is 14. The molecule has 2 aromatic rings. The van der Waals surface area contributed by atoms with Crippen molar-refractivity contribution in [2.45, 2.75) is 117 Å². The first-order valence-corrected chi connectivity index (χ1v) is 13.7. The van der Waals surface area contributed by atoms with E-state index >= 15 is 0 Å². The highest BCUT2D eigenvalue weighted by molar-refractivity contribution is 5.86. The molecule has 0 saturated carbocycles. The maximum Gasteiger partial charge on any atom is 0.383 e. The average molecular weight is 475 g/mol. The summed E-state index contributed by atoms with van der Waals surface area (Å²) in [6.45, 7) is 5.50. The lowest BCUT2D eigenvalue weighted by atomic mass is 10.1. The Labute approximate surface area is 205 Å². The van der Waals surface area contributed by atoms with Gasteiger partial charge in [0.25, 0.3) is 0 Å². The molecule has 0 aliphatic rings. The SMILES string of the molecule is CCCCCCCCCCOc1ccc2c(O)c(OCCCCCCCCCC)c(=O)oc2c1. The summed E-state index contributed by atoms with van der Waals surface area (Å²) >= 11 is 0. The quantitative estimate of drug-likeness (QED) is 0.154. The predicted octanol–water partition coefficient (Wildman–Crippen LogP) is 8.54. The van der Waals surface area contributed by atoms with Crippen LogP contribution in [0.3, 0.4) is 0 Å². The predicted molar refractivity (Wildman–Crippen MR) is 140 cm³/mol. The highest BCUT2D eigenvalue weighted by Crippen LogP contribution is 2.33. The second-order valence-corrected chi connectivity index (χ2v) is 9.37. The molecule has 1 heterocycles. The van der Waals surface area contributed by atoms with E-state index in [2.05, 4.69) is 13.8 Å². The minimum absolute atomic E-state index is 0.0944. The van der Waals surface area contributed by atoms with Crippen LogP contribution in [0.2, 0.25) is 0 Å². The Morgan fingerprint density at radius 3 is 1.76 bits per heavy atom. The minimum Gasteiger partial charge on any atom is -0.504 e. The lowest BCUT2D eigenvalue weighted by Gasteiger charge is -2.10. The summed E-state index contributed by atoms with van der Waals surface area (Å²) in [5, 5.41) is 11.0. The van der Waals surface area contributed by atoms with Crippen LogP contribution < -0.4 is 15.1 Å². The van der Waals surface area contributed by atoms with Crippen LogP contribution in [0.15, 0.2) is 27.4 Å². The van der Waals surface area contributed by atoms with Gasteiger partial charge in [-0.3, -0.25) is 0 Å². The number of fused-ring (bicyclic) bond motifs is 1. The van der Waals surface area contributed by atoms with Gasteiger partial charge in [0.1, 0.15) is 11.3 Å². The van der Waals surface area contributed by atoms with Gasteiger partial charge in [-0.1, -0.05) is 104 Å². The van der Waals surface area contributed by atoms with E-state index in [0.29, 0.717) is 29.9 Å². The Hall–Kier alpha value is -2.17. The molecule has 34 heavy (non-hydrogen) atoms. The fraction of sp³-hybridized carbons (Fsp3) is 0.690. The maximum atomic E-state index is 12.4. The molecule has 2 rings (SSSR count). The van der Waals surface area contributed by atoms with Crippen molar-refractivity contribution in [3.05, 3.63) is 28.6 Å². The van der Waals surface area contributed by atoms with Crippen molar-refractivity contribution in [3.8, 4) is 17.2 Å². The van der Waals surface area contributed by atoms with Crippen LogP contribution in [-0.4, -0.2) is 18.3 Å². The van der Waals surface area contributed by atoms with Crippen molar-refractivity contribution in [1.82, 2.24) is 0 Å². The van der Waals surface area contributed by atoms with Gasteiger partial charge < -0.3 is 19.0 Å². The van der Waals surface area contributed by atoms with Crippen molar-refractivity contribution in [2.75, 3.05) is 13.2 Å². The van der Waals surface area contributed by atoms with E-state index in [1.807, 2.05) is 0 Å². The highest BCUT2D eigenvalue weighted by Gasteiger charge is 2.16. The zero-order valence-corrected chi connectivity index (χ0v) is 21.5. The van der Waals surface area contributed by atoms with Crippen molar-refractivity contribution in [1.29, 1.82) is 0 Å². The molecule has 0 amide bonds. The number of ether oxygens (including phenoxy) is 2. The number of benzene rings is 1. The largest absolute Gasteiger partial charge is 0.504 e. The van der Waals surface area contributed by atoms with E-state index in [-0.39, 0.29) is 11.5 Å². The summed E-state index contributed by atoms with van der Waals surface area (Å²) in [5.41, 5.74) is -0.333. The van der Waals surface area contributed by atoms with E-state index in [4.69, 9.17) is 13.9 Å². The first kappa shape index (κ1) is 28.1. The number of hydrogen-bond donors (Lipinski definition) is 1. The van der Waals surface area contributed by atoms with Crippen LogP contribution in [0.1, 0.15) is 117 Å². The molecule has 0 unspecified atom stereocenters. The van der Waals surface area contributed by atoms with E-state index in [1.54, 1.807) is 18.2 Å². The molecule has 1 aromatic carbocycles. The molecule has 5 nitrogen and oxygen atoms in total. The van der Waals surface area contributed by atoms with Gasteiger partial charge in [0.2, 0.25) is 5.75 Å². The lowest BCUT2D eigenvalue weighted by Crippen LogP contribution is -2.08. The summed E-state index contributed by atoms with van der Waals surface area (Å²) < 4.78 is 16.8. The smallest absolute Gasteiger partial charge is 0.383 e. The summed E-state index contributed by atoms with van der Waals surface area (Å²) in [6.07, 6.45) is 19.5. The second-order valence-electron chi connectivity index (χ2n) is 9.37. The van der Waals surface area contributed by atoms with Gasteiger partial charge in [0, 0.05) is 6.07 Å². The standard InChI is InChI=1S/C29H46O5/c1-3-5-7-9-11-13-15-17-21-32-24-19-20-25-26(23-24)34-29(31)28(27(25)30)33-22-18-16-14-12-10-8-6-4-2/h19-20,23,30H,3-18,21-22H2,1-2H3. The Balaban J connectivity index is 1.74. The van der Waals surface area contributed by atoms with Crippen LogP contribution in [0.4, 0.5) is 0 Å². The molecule has 1 aromatic heterocycles. The van der Waals surface area contributed by atoms with E-state index in [0.717, 1.165) is 25.7 Å². The summed E-state index contributed by atoms with van der Waals surface area (Å²) in [4.78, 5) is 12.4. The van der Waals surface area contributed by atoms with Gasteiger partial charge in [0.05, 0.1) is 18.6 Å². The van der Waals surface area contributed by atoms with Crippen molar-refractivity contribution in [3.63, 3.8) is 0 Å². The molecule has 192 valence electrons. The number of hydrogen-bond acceptors (Lipinski definition) is 5. The van der Waals surface area contributed by atoms with E-state index in [1.165, 1.54) is 77.0 Å². The zero-order valence-electron chi connectivity index (χ0n) is 21.5. The molecule has 0 atom stereocenters. The molecule has 1 N–H and O–H groups in total. The molecular formula is C29H46O5. The van der Waals surface area contributed by atoms with Gasteiger partial charge in [-0.05, 0) is 25.0 Å². The monoisotopic (exact) mass is 474 g/mol. The van der Waals surface area contributed by atoms with Crippen LogP contribution in [0.25, 0.3) is 11.0 Å². The Morgan fingerprint density at radius 1 is 0.706 bits per heavy atom. The third-order valence-electron chi connectivity index (χ3n) is 6.32. The second kappa shape index (κ2) is 17.3. The van der Waals surface area contributed by atoms with Crippen molar-refractivity contribution >= 4 is 11.0 Å². The third kappa shape index (κ3) is 10.4. The topological polar surface area (TPSA) is 68.9 Å². The van der Waals surface area contributed by atoms with Crippen LogP contribution >= 0.6 is 0 Å². The highest BCUT2D eigenvalue weighted by atomic mass is 16.5. The minimum atomic E-state index is -0.648. The molecule has 0 bridgehead atoms. The molecule has 5 heteroatoms. The fourth-order valence-corrected chi connectivity index (χ4v) is 4.20. The Morgan fingerprint density at radius 2 is 1.21 bits per heavy atom. The molecule has 0 aliphatic carbocycles. The number of aromatic hydroxyl groups is 1. The lowest BCUT2D eigenvalue weighted by molar-refractivity contribution is 0.275. The van der Waals surface area contributed by atoms with Gasteiger partial charge in [-0.25, -0.2) is 4.79 Å². The summed E-state index contributed by atoms with van der Waals surface area (Å²) in [6, 6.07) is 5.19. The fourth-order valence-electron chi connectivity index (χ4n) is 4.20. The van der Waals surface area contributed by atoms with Gasteiger partial charge in [-0.15, -0.1) is 0 Å². The average Bonchev–Trinajstić information content (AvgIpc) is 2.83. The molecule has 0 radical (unpaired) electrons. The normalized spacial score (nSPS) is 11.2. The van der Waals surface area contributed by atoms with Crippen molar-refractivity contribution < 1.29 is 19.0 Å². The molecule has 0 fully saturated rings. The first-order chi connectivity index (χ1) is 16.7. The van der Waals surface area contributed by atoms with Gasteiger partial charge >= 0.3 is 5.63 Å². The molecule has 0 aliphatic heterocycles. The van der Waals surface area contributed by atoms with Crippen LogP contribution in [0.5, 0.6) is 17.2 Å². The zero-order chi connectivity index (χ0) is 24.4. The summed E-state index contributed by atoms with van der Waals surface area (Å²) in [7, 11) is 0. The van der Waals surface area contributed by atoms with Crippen molar-refractivity contribution in [2.24, 2.45) is 0 Å². The molecular weight excluding hydrogens is 428 g/mol. The summed E-state index contributed by atoms with van der Waals surface area (Å²) in [5.74, 6) is 0.397. The van der Waals surface area contributed by atoms with Crippen LogP contribution in [0, 0.1) is 0 Å². The molecule has 0 spiro atoms. The molecule has 0 saturated heterocycles. The Kier molecular flexibility index (Phi) is 14.3. The number of rotatable bonds is 20. The third-order valence-corrected chi connectivity index (χ3v) is 6.32. The maximum absolute atomic E-state index is 12.4. The first-order valence-electron chi connectivity index (χ1n) is 13.7. The van der Waals surface area contributed by atoms with E-state index < -0.39 is 5.63 Å².